The van der Waals surface area contributed by atoms with E-state index in [1.165, 1.54) is 11.3 Å². The van der Waals surface area contributed by atoms with E-state index in [0.717, 1.165) is 22.1 Å². The second kappa shape index (κ2) is 11.9. The van der Waals surface area contributed by atoms with Gasteiger partial charge in [-0.1, -0.05) is 59.5 Å². The largest absolute Gasteiger partial charge is 0.489 e. The summed E-state index contributed by atoms with van der Waals surface area (Å²) in [6.45, 7) is 6.19. The van der Waals surface area contributed by atoms with E-state index in [-0.39, 0.29) is 18.6 Å². The smallest absolute Gasteiger partial charge is 0.408 e. The van der Waals surface area contributed by atoms with Crippen LogP contribution in [-0.4, -0.2) is 67.5 Å². The first kappa shape index (κ1) is 29.0. The molecule has 11 nitrogen and oxygen atoms in total. The molecule has 2 amide bonds. The van der Waals surface area contributed by atoms with Crippen LogP contribution in [0.2, 0.25) is 0 Å². The van der Waals surface area contributed by atoms with E-state index in [0.29, 0.717) is 40.5 Å². The number of hydrogen-bond acceptors (Lipinski definition) is 10. The number of hydrogen-bond donors (Lipinski definition) is 1. The average Bonchev–Trinajstić information content (AvgIpc) is 3.76. The highest BCUT2D eigenvalue weighted by molar-refractivity contribution is 8.00. The Morgan fingerprint density at radius 2 is 1.98 bits per heavy atom. The highest BCUT2D eigenvalue weighted by Crippen LogP contribution is 2.32. The average molecular weight is 621 g/mol. The molecule has 0 bridgehead atoms. The first-order valence-corrected chi connectivity index (χ1v) is 16.0. The first-order chi connectivity index (χ1) is 20.7. The van der Waals surface area contributed by atoms with Crippen LogP contribution in [0.25, 0.3) is 27.6 Å². The zero-order chi connectivity index (χ0) is 30.1. The molecule has 6 rings (SSSR count). The van der Waals surface area contributed by atoms with Crippen molar-refractivity contribution in [2.75, 3.05) is 19.4 Å². The molecule has 13 heteroatoms. The lowest BCUT2D eigenvalue weighted by molar-refractivity contribution is -0.135. The molecule has 1 fully saturated rings. The van der Waals surface area contributed by atoms with Gasteiger partial charge in [-0.2, -0.15) is 0 Å². The minimum Gasteiger partial charge on any atom is -0.489 e. The summed E-state index contributed by atoms with van der Waals surface area (Å²) < 4.78 is 20.4. The third kappa shape index (κ3) is 6.32. The van der Waals surface area contributed by atoms with Crippen LogP contribution in [0, 0.1) is 0 Å². The first-order valence-electron chi connectivity index (χ1n) is 14.0. The molecule has 0 spiro atoms. The second-order valence-corrected chi connectivity index (χ2v) is 13.2. The molecule has 1 aliphatic rings. The number of amides is 2. The number of fused-ring (bicyclic) bond motifs is 2. The highest BCUT2D eigenvalue weighted by Gasteiger charge is 2.36. The molecular formula is C30H32N6O5S2. The number of para-hydroxylation sites is 1. The van der Waals surface area contributed by atoms with Crippen molar-refractivity contribution in [2.45, 2.75) is 55.6 Å². The van der Waals surface area contributed by atoms with E-state index in [1.54, 1.807) is 48.1 Å². The quantitative estimate of drug-likeness (QED) is 0.209. The standard InChI is InChI=1S/C30H32N6O5S2/c1-30(2,3)41-28(38)33-23(18-10-6-5-7-11-18)26(37)35-15-9-12-19(35)17-39-21-13-8-14-22-24(21)32-25(40-22)20-16-36-27(31-20)43-29(34-36)42-4/h5-8,10-11,13-14,16,19,23H,9,12,15,17H2,1-4H3,(H,33,38). The molecule has 1 aliphatic heterocycles. The summed E-state index contributed by atoms with van der Waals surface area (Å²) in [5.74, 6) is 0.733. The molecule has 224 valence electrons. The maximum absolute atomic E-state index is 13.9. The van der Waals surface area contributed by atoms with E-state index in [1.807, 2.05) is 54.8 Å². The van der Waals surface area contributed by atoms with Gasteiger partial charge in [0.25, 0.3) is 0 Å². The Morgan fingerprint density at radius 1 is 1.16 bits per heavy atom. The summed E-state index contributed by atoms with van der Waals surface area (Å²) in [5, 5.41) is 7.27. The molecule has 1 N–H and O–H groups in total. The van der Waals surface area contributed by atoms with Crippen LogP contribution in [0.5, 0.6) is 5.75 Å². The number of aromatic nitrogens is 4. The fraction of sp³-hybridized carbons (Fsp3) is 0.367. The number of carbonyl (C=O) groups excluding carboxylic acids is 2. The summed E-state index contributed by atoms with van der Waals surface area (Å²) in [7, 11) is 0. The van der Waals surface area contributed by atoms with E-state index in [2.05, 4.69) is 15.4 Å². The molecule has 4 heterocycles. The fourth-order valence-corrected chi connectivity index (χ4v) is 6.37. The zero-order valence-corrected chi connectivity index (χ0v) is 25.9. The number of alkyl carbamates (subject to hydrolysis) is 1. The van der Waals surface area contributed by atoms with Gasteiger partial charge >= 0.3 is 6.09 Å². The Labute approximate surface area is 256 Å². The molecule has 0 saturated carbocycles. The Bertz CT molecular complexity index is 1730. The molecule has 2 aromatic carbocycles. The molecule has 0 radical (unpaired) electrons. The van der Waals surface area contributed by atoms with Crippen molar-refractivity contribution in [3.63, 3.8) is 0 Å². The van der Waals surface area contributed by atoms with Crippen LogP contribution in [0.1, 0.15) is 45.2 Å². The van der Waals surface area contributed by atoms with Gasteiger partial charge in [0.15, 0.2) is 15.4 Å². The number of nitrogens with one attached hydrogen (secondary N) is 1. The van der Waals surface area contributed by atoms with E-state index in [4.69, 9.17) is 18.9 Å². The van der Waals surface area contributed by atoms with Gasteiger partial charge in [0.05, 0.1) is 12.2 Å². The van der Waals surface area contributed by atoms with Crippen LogP contribution >= 0.6 is 23.1 Å². The number of nitrogens with zero attached hydrogens (tertiary/aromatic N) is 5. The number of carbonyl (C=O) groups is 2. The van der Waals surface area contributed by atoms with Crippen LogP contribution in [0.3, 0.4) is 0 Å². The fourth-order valence-electron chi connectivity index (χ4n) is 5.03. The monoisotopic (exact) mass is 620 g/mol. The Balaban J connectivity index is 1.19. The molecule has 43 heavy (non-hydrogen) atoms. The van der Waals surface area contributed by atoms with Gasteiger partial charge in [0.1, 0.15) is 29.7 Å². The van der Waals surface area contributed by atoms with Crippen LogP contribution in [0.4, 0.5) is 4.79 Å². The SMILES string of the molecule is CSc1nn2cc(-c3nc4c(OCC5CCCN5C(=O)C(NC(=O)OC(C)(C)C)c5ccccc5)cccc4o3)nc2s1. The summed E-state index contributed by atoms with van der Waals surface area (Å²) in [4.78, 5) is 38.4. The molecular weight excluding hydrogens is 589 g/mol. The number of thioether (sulfide) groups is 1. The summed E-state index contributed by atoms with van der Waals surface area (Å²) in [6, 6.07) is 13.7. The number of likely N-dealkylation sites (tertiary alicyclic amines) is 1. The van der Waals surface area contributed by atoms with Gasteiger partial charge in [-0.15, -0.1) is 5.10 Å². The van der Waals surface area contributed by atoms with Crippen molar-refractivity contribution in [2.24, 2.45) is 0 Å². The molecule has 5 aromatic rings. The Morgan fingerprint density at radius 3 is 2.72 bits per heavy atom. The van der Waals surface area contributed by atoms with Gasteiger partial charge in [-0.25, -0.2) is 19.3 Å². The van der Waals surface area contributed by atoms with Crippen molar-refractivity contribution in [1.29, 1.82) is 0 Å². The predicted octanol–water partition coefficient (Wildman–Crippen LogP) is 5.96. The van der Waals surface area contributed by atoms with Crippen molar-refractivity contribution in [1.82, 2.24) is 29.8 Å². The van der Waals surface area contributed by atoms with Gasteiger partial charge in [0, 0.05) is 6.54 Å². The van der Waals surface area contributed by atoms with Crippen molar-refractivity contribution in [3.8, 4) is 17.3 Å². The van der Waals surface area contributed by atoms with Crippen molar-refractivity contribution >= 4 is 51.2 Å². The number of oxazole rings is 1. The lowest BCUT2D eigenvalue weighted by Crippen LogP contribution is -2.47. The summed E-state index contributed by atoms with van der Waals surface area (Å²) in [6.07, 6.45) is 4.73. The number of imidazole rings is 1. The lowest BCUT2D eigenvalue weighted by Gasteiger charge is -2.30. The Hall–Kier alpha value is -4.10. The van der Waals surface area contributed by atoms with Crippen molar-refractivity contribution < 1.29 is 23.5 Å². The third-order valence-corrected chi connectivity index (χ3v) is 8.83. The maximum atomic E-state index is 13.9. The Kier molecular flexibility index (Phi) is 8.01. The minimum absolute atomic E-state index is 0.183. The van der Waals surface area contributed by atoms with Crippen LogP contribution in [0.15, 0.2) is 63.5 Å². The normalized spacial score (nSPS) is 16.1. The van der Waals surface area contributed by atoms with Gasteiger partial charge in [-0.3, -0.25) is 4.79 Å². The molecule has 0 aliphatic carbocycles. The third-order valence-electron chi connectivity index (χ3n) is 6.93. The molecule has 1 saturated heterocycles. The van der Waals surface area contributed by atoms with Gasteiger partial charge in [-0.05, 0) is 57.6 Å². The molecule has 2 atom stereocenters. The molecule has 3 aromatic heterocycles. The minimum atomic E-state index is -0.885. The number of benzene rings is 2. The van der Waals surface area contributed by atoms with Gasteiger partial charge < -0.3 is 24.1 Å². The lowest BCUT2D eigenvalue weighted by atomic mass is 10.1. The van der Waals surface area contributed by atoms with Crippen LogP contribution < -0.4 is 10.1 Å². The second-order valence-electron chi connectivity index (χ2n) is 11.2. The number of rotatable bonds is 8. The predicted molar refractivity (Wildman–Crippen MR) is 164 cm³/mol. The van der Waals surface area contributed by atoms with E-state index in [9.17, 15) is 9.59 Å². The zero-order valence-electron chi connectivity index (χ0n) is 24.3. The van der Waals surface area contributed by atoms with E-state index < -0.39 is 17.7 Å². The van der Waals surface area contributed by atoms with E-state index >= 15 is 0 Å². The van der Waals surface area contributed by atoms with Crippen LogP contribution in [-0.2, 0) is 9.53 Å². The maximum Gasteiger partial charge on any atom is 0.408 e. The van der Waals surface area contributed by atoms with Crippen molar-refractivity contribution in [3.05, 3.63) is 60.3 Å². The molecule has 2 unspecified atom stereocenters. The highest BCUT2D eigenvalue weighted by atomic mass is 32.2. The summed E-state index contributed by atoms with van der Waals surface area (Å²) in [5.41, 5.74) is 1.74. The summed E-state index contributed by atoms with van der Waals surface area (Å²) >= 11 is 3.07. The van der Waals surface area contributed by atoms with Gasteiger partial charge in [0.2, 0.25) is 16.8 Å². The number of ether oxygens (including phenoxy) is 2. The topological polar surface area (TPSA) is 124 Å².